The molecule has 0 saturated heterocycles. The van der Waals surface area contributed by atoms with Crippen LogP contribution in [0.4, 0.5) is 10.1 Å². The van der Waals surface area contributed by atoms with Gasteiger partial charge >= 0.3 is 0 Å². The van der Waals surface area contributed by atoms with Crippen LogP contribution < -0.4 is 5.32 Å². The summed E-state index contributed by atoms with van der Waals surface area (Å²) in [4.78, 5) is 15.6. The zero-order valence-electron chi connectivity index (χ0n) is 14.5. The summed E-state index contributed by atoms with van der Waals surface area (Å²) in [5.74, 6) is 0.265. The second kappa shape index (κ2) is 7.19. The van der Waals surface area contributed by atoms with Crippen molar-refractivity contribution >= 4 is 11.5 Å². The van der Waals surface area contributed by atoms with E-state index in [1.165, 1.54) is 13.0 Å². The molecule has 0 aliphatic heterocycles. The van der Waals surface area contributed by atoms with E-state index >= 15 is 0 Å². The quantitative estimate of drug-likeness (QED) is 0.707. The van der Waals surface area contributed by atoms with Gasteiger partial charge in [0, 0.05) is 24.5 Å². The molecule has 0 aliphatic rings. The van der Waals surface area contributed by atoms with E-state index < -0.39 is 0 Å². The van der Waals surface area contributed by atoms with Gasteiger partial charge in [0.2, 0.25) is 0 Å². The second-order valence-corrected chi connectivity index (χ2v) is 5.91. The molecular formula is C20H17FN4O. The topological polar surface area (TPSA) is 70.7 Å². The number of anilines is 1. The number of rotatable bonds is 5. The van der Waals surface area contributed by atoms with Crippen LogP contribution in [0, 0.1) is 24.1 Å². The fourth-order valence-electron chi connectivity index (χ4n) is 2.69. The van der Waals surface area contributed by atoms with Gasteiger partial charge in [0.15, 0.2) is 5.78 Å². The highest BCUT2D eigenvalue weighted by atomic mass is 19.1. The molecule has 130 valence electrons. The third-order valence-electron chi connectivity index (χ3n) is 4.13. The smallest absolute Gasteiger partial charge is 0.159 e. The number of halogens is 1. The Balaban J connectivity index is 1.82. The number of Topliss-reactive ketones (excluding diaryl/α,β-unsaturated/α-hetero) is 1. The number of nitriles is 1. The molecule has 2 aromatic carbocycles. The minimum Gasteiger partial charge on any atom is -0.380 e. The van der Waals surface area contributed by atoms with Gasteiger partial charge in [-0.15, -0.1) is 0 Å². The number of carbonyl (C=O) groups is 1. The maximum atomic E-state index is 14.5. The Kier molecular flexibility index (Phi) is 4.81. The molecule has 3 rings (SSSR count). The van der Waals surface area contributed by atoms with Gasteiger partial charge in [-0.1, -0.05) is 6.07 Å². The lowest BCUT2D eigenvalue weighted by Crippen LogP contribution is -2.05. The van der Waals surface area contributed by atoms with E-state index in [-0.39, 0.29) is 11.6 Å². The summed E-state index contributed by atoms with van der Waals surface area (Å²) < 4.78 is 16.1. The van der Waals surface area contributed by atoms with Gasteiger partial charge in [0.1, 0.15) is 17.7 Å². The van der Waals surface area contributed by atoms with E-state index in [9.17, 15) is 14.4 Å². The minimum absolute atomic E-state index is 0.0800. The van der Waals surface area contributed by atoms with E-state index in [0.29, 0.717) is 34.9 Å². The fraction of sp³-hybridized carbons (Fsp3) is 0.150. The monoisotopic (exact) mass is 348 g/mol. The number of benzene rings is 2. The van der Waals surface area contributed by atoms with Crippen LogP contribution >= 0.6 is 0 Å². The third-order valence-corrected chi connectivity index (χ3v) is 4.13. The highest BCUT2D eigenvalue weighted by molar-refractivity contribution is 5.95. The molecule has 1 aromatic heterocycles. The van der Waals surface area contributed by atoms with Gasteiger partial charge in [-0.05, 0) is 49.7 Å². The molecule has 26 heavy (non-hydrogen) atoms. The Bertz CT molecular complexity index is 1020. The van der Waals surface area contributed by atoms with Gasteiger partial charge in [0.25, 0.3) is 0 Å². The predicted molar refractivity (Wildman–Crippen MR) is 96.7 cm³/mol. The van der Waals surface area contributed by atoms with Crippen molar-refractivity contribution in [2.75, 3.05) is 5.32 Å². The summed E-state index contributed by atoms with van der Waals surface area (Å²) in [6.07, 6.45) is 3.33. The van der Waals surface area contributed by atoms with E-state index in [2.05, 4.69) is 16.4 Å². The van der Waals surface area contributed by atoms with Crippen molar-refractivity contribution < 1.29 is 9.18 Å². The first-order chi connectivity index (χ1) is 12.5. The molecule has 0 unspecified atom stereocenters. The Hall–Kier alpha value is -3.46. The summed E-state index contributed by atoms with van der Waals surface area (Å²) in [5.41, 5.74) is 2.65. The normalized spacial score (nSPS) is 10.4. The number of aryl methyl sites for hydroxylation is 1. The van der Waals surface area contributed by atoms with Crippen LogP contribution in [0.1, 0.15) is 34.2 Å². The SMILES string of the molecule is CC(=O)c1ccc(C#N)c(NCc2ccc(-n3ccnc3C)c(F)c2)c1. The van der Waals surface area contributed by atoms with Crippen LogP contribution in [0.2, 0.25) is 0 Å². The zero-order chi connectivity index (χ0) is 18.7. The summed E-state index contributed by atoms with van der Waals surface area (Å²) >= 11 is 0. The van der Waals surface area contributed by atoms with Crippen LogP contribution in [0.15, 0.2) is 48.8 Å². The lowest BCUT2D eigenvalue weighted by molar-refractivity contribution is 0.101. The van der Waals surface area contributed by atoms with Gasteiger partial charge in [-0.3, -0.25) is 4.79 Å². The molecule has 1 heterocycles. The van der Waals surface area contributed by atoms with E-state index in [0.717, 1.165) is 5.56 Å². The Morgan fingerprint density at radius 3 is 2.73 bits per heavy atom. The number of imidazole rings is 1. The summed E-state index contributed by atoms with van der Waals surface area (Å²) in [7, 11) is 0. The van der Waals surface area contributed by atoms with Crippen molar-refractivity contribution in [3.63, 3.8) is 0 Å². The third kappa shape index (κ3) is 3.47. The van der Waals surface area contributed by atoms with Gasteiger partial charge in [-0.2, -0.15) is 5.26 Å². The van der Waals surface area contributed by atoms with Gasteiger partial charge in [0.05, 0.1) is 16.9 Å². The molecule has 0 aliphatic carbocycles. The summed E-state index contributed by atoms with van der Waals surface area (Å²) in [6, 6.07) is 11.9. The molecule has 0 saturated carbocycles. The Morgan fingerprint density at radius 1 is 1.31 bits per heavy atom. The van der Waals surface area contributed by atoms with E-state index in [4.69, 9.17) is 0 Å². The number of hydrogen-bond donors (Lipinski definition) is 1. The summed E-state index contributed by atoms with van der Waals surface area (Å²) in [5, 5.41) is 12.3. The van der Waals surface area contributed by atoms with Crippen LogP contribution in [0.25, 0.3) is 5.69 Å². The lowest BCUT2D eigenvalue weighted by Gasteiger charge is -2.12. The van der Waals surface area contributed by atoms with Crippen molar-refractivity contribution in [2.24, 2.45) is 0 Å². The second-order valence-electron chi connectivity index (χ2n) is 5.91. The fourth-order valence-corrected chi connectivity index (χ4v) is 2.69. The lowest BCUT2D eigenvalue weighted by atomic mass is 10.1. The van der Waals surface area contributed by atoms with Crippen LogP contribution in [0.3, 0.4) is 0 Å². The van der Waals surface area contributed by atoms with E-state index in [1.807, 2.05) is 6.07 Å². The largest absolute Gasteiger partial charge is 0.380 e. The average molecular weight is 348 g/mol. The Morgan fingerprint density at radius 2 is 2.12 bits per heavy atom. The molecule has 5 nitrogen and oxygen atoms in total. The molecule has 6 heteroatoms. The summed E-state index contributed by atoms with van der Waals surface area (Å²) in [6.45, 7) is 3.61. The predicted octanol–water partition coefficient (Wildman–Crippen LogP) is 4.01. The van der Waals surface area contributed by atoms with Crippen molar-refractivity contribution in [3.05, 3.63) is 77.1 Å². The molecule has 0 amide bonds. The number of hydrogen-bond acceptors (Lipinski definition) is 4. The van der Waals surface area contributed by atoms with Gasteiger partial charge in [-0.25, -0.2) is 9.37 Å². The molecule has 0 radical (unpaired) electrons. The minimum atomic E-state index is -0.358. The van der Waals surface area contributed by atoms with Crippen molar-refractivity contribution in [3.8, 4) is 11.8 Å². The molecule has 0 spiro atoms. The number of aromatic nitrogens is 2. The number of ketones is 1. The molecular weight excluding hydrogens is 331 g/mol. The first-order valence-electron chi connectivity index (χ1n) is 8.07. The van der Waals surface area contributed by atoms with E-state index in [1.54, 1.807) is 48.1 Å². The van der Waals surface area contributed by atoms with Crippen molar-refractivity contribution in [1.82, 2.24) is 9.55 Å². The zero-order valence-corrected chi connectivity index (χ0v) is 14.5. The van der Waals surface area contributed by atoms with Gasteiger partial charge < -0.3 is 9.88 Å². The first-order valence-corrected chi connectivity index (χ1v) is 8.07. The number of nitrogens with zero attached hydrogens (tertiary/aromatic N) is 3. The molecule has 1 N–H and O–H groups in total. The maximum absolute atomic E-state index is 14.5. The molecule has 0 atom stereocenters. The highest BCUT2D eigenvalue weighted by Gasteiger charge is 2.10. The average Bonchev–Trinajstić information content (AvgIpc) is 3.05. The molecule has 0 bridgehead atoms. The Labute approximate surface area is 150 Å². The van der Waals surface area contributed by atoms with Crippen LogP contribution in [0.5, 0.6) is 0 Å². The highest BCUT2D eigenvalue weighted by Crippen LogP contribution is 2.21. The number of nitrogens with one attached hydrogen (secondary N) is 1. The number of carbonyl (C=O) groups excluding carboxylic acids is 1. The maximum Gasteiger partial charge on any atom is 0.159 e. The van der Waals surface area contributed by atoms with Crippen molar-refractivity contribution in [1.29, 1.82) is 5.26 Å². The van der Waals surface area contributed by atoms with Crippen LogP contribution in [-0.4, -0.2) is 15.3 Å². The van der Waals surface area contributed by atoms with Crippen LogP contribution in [-0.2, 0) is 6.54 Å². The molecule has 0 fully saturated rings. The first kappa shape index (κ1) is 17.4. The molecule has 3 aromatic rings. The van der Waals surface area contributed by atoms with Crippen molar-refractivity contribution in [2.45, 2.75) is 20.4 Å². The standard InChI is InChI=1S/C20H17FN4O/c1-13(26)16-4-5-17(11-22)19(10-16)24-12-15-3-6-20(18(21)9-15)25-8-7-23-14(25)2/h3-10,24H,12H2,1-2H3.